The summed E-state index contributed by atoms with van der Waals surface area (Å²) in [7, 11) is 1.94. The number of rotatable bonds is 5. The molecule has 2 spiro atoms. The zero-order chi connectivity index (χ0) is 57.3. The molecule has 3 aromatic carbocycles. The first-order valence-electron chi connectivity index (χ1n) is 33.5. The highest BCUT2D eigenvalue weighted by atomic mass is 16.5. The number of benzene rings is 3. The highest BCUT2D eigenvalue weighted by molar-refractivity contribution is 5.87. The number of esters is 1. The van der Waals surface area contributed by atoms with Gasteiger partial charge in [0.05, 0.1) is 42.0 Å². The lowest BCUT2D eigenvalue weighted by molar-refractivity contribution is -0.372. The molecular weight excluding hydrogens is 1050 g/mol. The maximum atomic E-state index is 15.9. The van der Waals surface area contributed by atoms with E-state index in [9.17, 15) is 15.0 Å². The normalized spacial score (nSPS) is 49.1. The Kier molecular flexibility index (Phi) is 12.9. The molecule has 446 valence electrons. The fourth-order valence-electron chi connectivity index (χ4n) is 25.6. The van der Waals surface area contributed by atoms with Crippen molar-refractivity contribution in [3.8, 4) is 11.8 Å². The van der Waals surface area contributed by atoms with E-state index in [1.807, 2.05) is 25.2 Å². The monoisotopic (exact) mass is 1140 g/mol. The number of carbonyl (C=O) groups excluding carboxylic acids is 2. The maximum absolute atomic E-state index is 15.9. The quantitative estimate of drug-likeness (QED) is 0.0823. The zero-order valence-electron chi connectivity index (χ0n) is 49.7. The molecule has 0 amide bonds. The van der Waals surface area contributed by atoms with Gasteiger partial charge in [-0.05, 0) is 241 Å². The minimum atomic E-state index is -1.86. The molecule has 24 unspecified atom stereocenters. The molecule has 3 aromatic rings. The topological polar surface area (TPSA) is 166 Å². The molecule has 10 heteroatoms. The smallest absolute Gasteiger partial charge is 0.331 e. The van der Waals surface area contributed by atoms with E-state index in [4.69, 9.17) is 9.47 Å². The number of fused-ring (bicyclic) bond motifs is 14. The molecule has 1 saturated heterocycles. The van der Waals surface area contributed by atoms with Crippen molar-refractivity contribution in [1.29, 1.82) is 0 Å². The second-order valence-corrected chi connectivity index (χ2v) is 30.9. The highest BCUT2D eigenvalue weighted by Gasteiger charge is 2.88. The Labute approximate surface area is 497 Å². The summed E-state index contributed by atoms with van der Waals surface area (Å²) < 4.78 is 14.5. The Morgan fingerprint density at radius 2 is 1.55 bits per heavy atom. The summed E-state index contributed by atoms with van der Waals surface area (Å²) in [5.74, 6) is 7.52. The van der Waals surface area contributed by atoms with Crippen LogP contribution in [-0.4, -0.2) is 92.6 Å². The van der Waals surface area contributed by atoms with Crippen molar-refractivity contribution in [3.05, 3.63) is 118 Å². The fraction of sp³-hybridized carbons (Fsp3) is 0.676. The third-order valence-electron chi connectivity index (χ3n) is 28.7. The van der Waals surface area contributed by atoms with Crippen molar-refractivity contribution in [2.75, 3.05) is 13.7 Å². The number of hydrogen-bond acceptors (Lipinski definition) is 10. The van der Waals surface area contributed by atoms with Gasteiger partial charge >= 0.3 is 5.97 Å². The summed E-state index contributed by atoms with van der Waals surface area (Å²) in [6.45, 7) is 2.01. The van der Waals surface area contributed by atoms with Crippen molar-refractivity contribution in [3.63, 3.8) is 0 Å². The number of carbonyl (C=O) groups is 2. The van der Waals surface area contributed by atoms with Crippen LogP contribution in [0.4, 0.5) is 0 Å². The number of likely N-dealkylation sites (N-methyl/N-ethyl adjacent to an activating group) is 1. The van der Waals surface area contributed by atoms with Crippen molar-refractivity contribution in [2.24, 2.45) is 92.7 Å². The predicted molar refractivity (Wildman–Crippen MR) is 318 cm³/mol. The lowest BCUT2D eigenvalue weighted by atomic mass is 9.31. The minimum absolute atomic E-state index is 0.0291. The third-order valence-corrected chi connectivity index (χ3v) is 28.7. The molecule has 14 aliphatic rings. The number of nitrogens with one attached hydrogen (secondary N) is 1. The first kappa shape index (κ1) is 55.2. The molecule has 0 aromatic heterocycles. The van der Waals surface area contributed by atoms with Crippen LogP contribution in [0.5, 0.6) is 0 Å². The van der Waals surface area contributed by atoms with Gasteiger partial charge in [0.15, 0.2) is 0 Å². The van der Waals surface area contributed by atoms with Crippen LogP contribution in [0.15, 0.2) is 84.4 Å². The number of hydrogen-bond donors (Lipinski definition) is 6. The van der Waals surface area contributed by atoms with Gasteiger partial charge in [-0.2, -0.15) is 0 Å². The zero-order valence-corrected chi connectivity index (χ0v) is 49.7. The average Bonchev–Trinajstić information content (AvgIpc) is 1.36. The van der Waals surface area contributed by atoms with E-state index in [1.165, 1.54) is 42.2 Å². The minimum Gasteiger partial charge on any atom is -0.454 e. The van der Waals surface area contributed by atoms with Gasteiger partial charge in [0.25, 0.3) is 0 Å². The molecule has 6 N–H and O–H groups in total. The number of aldehydes is 1. The van der Waals surface area contributed by atoms with Crippen molar-refractivity contribution < 1.29 is 44.6 Å². The number of aliphatic hydroxyl groups excluding tert-OH is 2. The second-order valence-electron chi connectivity index (χ2n) is 30.9. The molecule has 12 bridgehead atoms. The van der Waals surface area contributed by atoms with Gasteiger partial charge in [-0.25, -0.2) is 4.79 Å². The average molecular weight is 1140 g/mol. The van der Waals surface area contributed by atoms with Crippen LogP contribution in [0.1, 0.15) is 168 Å². The van der Waals surface area contributed by atoms with E-state index >= 15 is 20.1 Å². The van der Waals surface area contributed by atoms with E-state index in [0.717, 1.165) is 80.1 Å². The van der Waals surface area contributed by atoms with Crippen LogP contribution in [0.3, 0.4) is 0 Å². The predicted octanol–water partition coefficient (Wildman–Crippen LogP) is 10.2. The summed E-state index contributed by atoms with van der Waals surface area (Å²) in [6, 6.07) is 26.2. The lowest BCUT2D eigenvalue weighted by Gasteiger charge is -2.76. The van der Waals surface area contributed by atoms with E-state index in [2.05, 4.69) is 78.7 Å². The molecule has 3 heterocycles. The molecule has 0 radical (unpaired) electrons. The van der Waals surface area contributed by atoms with E-state index in [-0.39, 0.29) is 79.8 Å². The largest absolute Gasteiger partial charge is 0.454 e. The molecule has 17 rings (SSSR count). The van der Waals surface area contributed by atoms with Gasteiger partial charge in [-0.15, -0.1) is 0 Å². The van der Waals surface area contributed by atoms with Gasteiger partial charge < -0.3 is 45.1 Å². The van der Waals surface area contributed by atoms with Crippen LogP contribution < -0.4 is 5.32 Å². The Bertz CT molecular complexity index is 3220. The molecule has 3 aliphatic heterocycles. The van der Waals surface area contributed by atoms with E-state index in [0.29, 0.717) is 81.0 Å². The lowest BCUT2D eigenvalue weighted by Crippen LogP contribution is -2.83. The Hall–Kier alpha value is -4.18. The molecule has 9 saturated carbocycles. The van der Waals surface area contributed by atoms with Crippen LogP contribution in [0.2, 0.25) is 0 Å². The maximum Gasteiger partial charge on any atom is 0.331 e. The van der Waals surface area contributed by atoms with Gasteiger partial charge in [0.2, 0.25) is 0 Å². The van der Waals surface area contributed by atoms with Crippen LogP contribution in [0.25, 0.3) is 0 Å². The van der Waals surface area contributed by atoms with Crippen LogP contribution in [-0.2, 0) is 44.9 Å². The van der Waals surface area contributed by atoms with Gasteiger partial charge in [0, 0.05) is 58.1 Å². The standard InChI is InChI=1S/C74H91NO9/c1-43-49-18-17-46(28-49)27-44-10-8-11-45(26-44)29-57-33-54-32-53-30-51(47-12-4-3-5-13-47)20-21-60(53)70(54)40-68(41-77)64-23-25-69-24-7-6-14-48-15-9-16-52(39-76)58(48)35-63(75-2)59-34-55(71(69,42-78)62-36-65(79)84-66(59)62)38-73(69,81)72(64,80)37-56-31-50(43)19-22-61(67(70)83-57)74(56,68)82/h3-5,8-13,15-16,26,36,41,43,46,49-51,53-57,59-61,63-64,66-67,75-76,78,80-82H,7,17-25,27-35,37-40,42H2,1-2H3. The van der Waals surface area contributed by atoms with Crippen molar-refractivity contribution in [2.45, 2.75) is 202 Å². The molecular formula is C74H91NO9. The van der Waals surface area contributed by atoms with Gasteiger partial charge in [0.1, 0.15) is 18.0 Å². The summed E-state index contributed by atoms with van der Waals surface area (Å²) >= 11 is 0. The highest BCUT2D eigenvalue weighted by Crippen LogP contribution is 2.83. The van der Waals surface area contributed by atoms with Crippen molar-refractivity contribution in [1.82, 2.24) is 5.32 Å². The second kappa shape index (κ2) is 19.7. The molecule has 11 aliphatic carbocycles. The molecule has 10 nitrogen and oxygen atoms in total. The number of ether oxygens (including phenoxy) is 2. The third kappa shape index (κ3) is 7.18. The summed E-state index contributed by atoms with van der Waals surface area (Å²) in [5, 5.41) is 72.8. The van der Waals surface area contributed by atoms with E-state index in [1.54, 1.807) is 6.08 Å². The van der Waals surface area contributed by atoms with Crippen LogP contribution >= 0.6 is 0 Å². The molecule has 10 fully saturated rings. The first-order chi connectivity index (χ1) is 40.7. The van der Waals surface area contributed by atoms with Crippen LogP contribution in [0, 0.1) is 105 Å². The SMILES string of the molecule is CNC1Cc2c(cccc2CO)C#CCCC23CCC4C(O)(CC5CC6CCC7C8OC(Cc9cccc(c9)CC9CCC(C9)C6C)CC6CC9CC(c%10ccccc%10)CCC9C68CC4(C=O)C57O)C2(O)CC2CC1C1OC(=O)C=C1C23CO. The molecule has 24 atom stereocenters. The summed E-state index contributed by atoms with van der Waals surface area (Å²) in [4.78, 5) is 30.1. The summed E-state index contributed by atoms with van der Waals surface area (Å²) in [6.07, 6.45) is 18.1. The Balaban J connectivity index is 0.885. The van der Waals surface area contributed by atoms with E-state index < -0.39 is 62.4 Å². The number of aliphatic hydroxyl groups is 5. The van der Waals surface area contributed by atoms with Crippen molar-refractivity contribution >= 4 is 12.3 Å². The Morgan fingerprint density at radius 1 is 0.762 bits per heavy atom. The first-order valence-corrected chi connectivity index (χ1v) is 33.5. The van der Waals surface area contributed by atoms with Gasteiger partial charge in [-0.1, -0.05) is 85.5 Å². The molecule has 84 heavy (non-hydrogen) atoms. The van der Waals surface area contributed by atoms with Gasteiger partial charge in [-0.3, -0.25) is 0 Å². The summed E-state index contributed by atoms with van der Waals surface area (Å²) in [5.41, 5.74) is -1.91. The fourth-order valence-corrected chi connectivity index (χ4v) is 25.6. The Morgan fingerprint density at radius 3 is 2.36 bits per heavy atom.